The summed E-state index contributed by atoms with van der Waals surface area (Å²) in [5, 5.41) is 4.07. The minimum Gasteiger partial charge on any atom is -0.352 e. The van der Waals surface area contributed by atoms with Crippen LogP contribution in [0.4, 0.5) is 5.69 Å². The lowest BCUT2D eigenvalue weighted by atomic mass is 10.1. The molecule has 0 bridgehead atoms. The Morgan fingerprint density at radius 1 is 0.902 bits per heavy atom. The van der Waals surface area contributed by atoms with E-state index in [9.17, 15) is 18.0 Å². The van der Waals surface area contributed by atoms with Crippen molar-refractivity contribution < 1.29 is 18.0 Å². The molecule has 3 aromatic rings. The highest BCUT2D eigenvalue weighted by molar-refractivity contribution is 7.92. The van der Waals surface area contributed by atoms with Gasteiger partial charge in [0.1, 0.15) is 12.6 Å². The zero-order chi connectivity index (χ0) is 29.6. The van der Waals surface area contributed by atoms with Crippen molar-refractivity contribution in [3.63, 3.8) is 0 Å². The number of hydrogen-bond donors (Lipinski definition) is 1. The summed E-state index contributed by atoms with van der Waals surface area (Å²) in [4.78, 5) is 29.1. The summed E-state index contributed by atoms with van der Waals surface area (Å²) in [5.74, 6) is -0.726. The van der Waals surface area contributed by atoms with E-state index >= 15 is 0 Å². The number of nitrogens with zero attached hydrogens (tertiary/aromatic N) is 2. The first-order chi connectivity index (χ1) is 19.6. The second-order valence-corrected chi connectivity index (χ2v) is 13.1. The zero-order valence-corrected chi connectivity index (χ0v) is 25.6. The van der Waals surface area contributed by atoms with E-state index in [0.29, 0.717) is 22.2 Å². The first-order valence-electron chi connectivity index (χ1n) is 13.8. The highest BCUT2D eigenvalue weighted by Gasteiger charge is 2.34. The van der Waals surface area contributed by atoms with Crippen molar-refractivity contribution in [1.29, 1.82) is 0 Å². The molecule has 4 rings (SSSR count). The van der Waals surface area contributed by atoms with E-state index in [-0.39, 0.29) is 23.4 Å². The molecule has 2 amide bonds. The Hall–Kier alpha value is -3.07. The molecule has 0 spiro atoms. The van der Waals surface area contributed by atoms with Crippen molar-refractivity contribution in [2.24, 2.45) is 0 Å². The van der Waals surface area contributed by atoms with Gasteiger partial charge < -0.3 is 10.2 Å². The molecule has 0 aromatic heterocycles. The Bertz CT molecular complexity index is 1440. The van der Waals surface area contributed by atoms with Crippen LogP contribution in [0.2, 0.25) is 10.0 Å². The highest BCUT2D eigenvalue weighted by atomic mass is 35.5. The van der Waals surface area contributed by atoms with Gasteiger partial charge in [0, 0.05) is 22.6 Å². The fraction of sp³-hybridized carbons (Fsp3) is 0.355. The molecule has 1 N–H and O–H groups in total. The maximum absolute atomic E-state index is 14.1. The number of amides is 2. The molecule has 1 aliphatic rings. The van der Waals surface area contributed by atoms with Crippen LogP contribution in [-0.4, -0.2) is 43.8 Å². The van der Waals surface area contributed by atoms with E-state index in [1.807, 2.05) is 13.8 Å². The van der Waals surface area contributed by atoms with Gasteiger partial charge in [0.25, 0.3) is 10.0 Å². The molecule has 1 saturated carbocycles. The molecule has 0 saturated heterocycles. The van der Waals surface area contributed by atoms with E-state index in [1.54, 1.807) is 48.5 Å². The van der Waals surface area contributed by atoms with Crippen LogP contribution in [-0.2, 0) is 26.2 Å². The van der Waals surface area contributed by atoms with Crippen molar-refractivity contribution in [3.8, 4) is 0 Å². The average Bonchev–Trinajstić information content (AvgIpc) is 3.46. The summed E-state index contributed by atoms with van der Waals surface area (Å²) in [7, 11) is -4.15. The maximum atomic E-state index is 14.1. The number of hydrogen-bond acceptors (Lipinski definition) is 4. The number of benzene rings is 3. The molecule has 0 heterocycles. The number of aryl methyl sites for hydroxylation is 1. The lowest BCUT2D eigenvalue weighted by molar-refractivity contribution is -0.140. The fourth-order valence-corrected chi connectivity index (χ4v) is 6.71. The van der Waals surface area contributed by atoms with E-state index in [1.165, 1.54) is 29.2 Å². The highest BCUT2D eigenvalue weighted by Crippen LogP contribution is 2.26. The summed E-state index contributed by atoms with van der Waals surface area (Å²) in [6, 6.07) is 19.1. The largest absolute Gasteiger partial charge is 0.352 e. The van der Waals surface area contributed by atoms with Crippen LogP contribution < -0.4 is 9.62 Å². The monoisotopic (exact) mass is 615 g/mol. The molecule has 218 valence electrons. The van der Waals surface area contributed by atoms with Crippen LogP contribution >= 0.6 is 23.2 Å². The van der Waals surface area contributed by atoms with Crippen molar-refractivity contribution in [2.75, 3.05) is 10.8 Å². The van der Waals surface area contributed by atoms with Crippen LogP contribution in [0.25, 0.3) is 0 Å². The second kappa shape index (κ2) is 13.7. The Balaban J connectivity index is 1.70. The molecule has 0 radical (unpaired) electrons. The third-order valence-electron chi connectivity index (χ3n) is 7.36. The van der Waals surface area contributed by atoms with Crippen molar-refractivity contribution in [2.45, 2.75) is 69.5 Å². The van der Waals surface area contributed by atoms with Gasteiger partial charge in [-0.2, -0.15) is 0 Å². The standard InChI is InChI=1S/C31H35Cl2N3O4S/c1-3-29(31(38)34-26-6-4-5-7-26)35(20-23-10-12-24(32)13-11-23)30(37)21-36(27-16-8-22(2)9-17-27)41(39,40)28-18-14-25(33)15-19-28/h8-19,26,29H,3-7,20-21H2,1-2H3,(H,34,38). The first kappa shape index (κ1) is 30.9. The van der Waals surface area contributed by atoms with Gasteiger partial charge in [0.15, 0.2) is 0 Å². The molecule has 10 heteroatoms. The molecular formula is C31H35Cl2N3O4S. The fourth-order valence-electron chi connectivity index (χ4n) is 5.05. The van der Waals surface area contributed by atoms with Gasteiger partial charge in [-0.25, -0.2) is 8.42 Å². The van der Waals surface area contributed by atoms with Crippen molar-refractivity contribution >= 4 is 50.7 Å². The number of carbonyl (C=O) groups excluding carboxylic acids is 2. The lowest BCUT2D eigenvalue weighted by Gasteiger charge is -2.33. The van der Waals surface area contributed by atoms with E-state index in [2.05, 4.69) is 5.32 Å². The predicted octanol–water partition coefficient (Wildman–Crippen LogP) is 6.36. The van der Waals surface area contributed by atoms with Crippen LogP contribution in [0.5, 0.6) is 0 Å². The number of anilines is 1. The normalized spacial score (nSPS) is 14.4. The lowest BCUT2D eigenvalue weighted by Crippen LogP contribution is -2.53. The van der Waals surface area contributed by atoms with Crippen LogP contribution in [0.3, 0.4) is 0 Å². The third kappa shape index (κ3) is 7.82. The van der Waals surface area contributed by atoms with Gasteiger partial charge in [-0.05, 0) is 80.3 Å². The van der Waals surface area contributed by atoms with Gasteiger partial charge in [-0.3, -0.25) is 13.9 Å². The minimum atomic E-state index is -4.15. The summed E-state index contributed by atoms with van der Waals surface area (Å²) in [6.45, 7) is 3.38. The van der Waals surface area contributed by atoms with Crippen molar-refractivity contribution in [3.05, 3.63) is 94.0 Å². The average molecular weight is 617 g/mol. The number of nitrogens with one attached hydrogen (secondary N) is 1. The second-order valence-electron chi connectivity index (χ2n) is 10.4. The SMILES string of the molecule is CCC(C(=O)NC1CCCC1)N(Cc1ccc(Cl)cc1)C(=O)CN(c1ccc(C)cc1)S(=O)(=O)c1ccc(Cl)cc1. The molecule has 41 heavy (non-hydrogen) atoms. The summed E-state index contributed by atoms with van der Waals surface area (Å²) in [6.07, 6.45) is 4.31. The molecule has 0 aliphatic heterocycles. The molecule has 7 nitrogen and oxygen atoms in total. The van der Waals surface area contributed by atoms with E-state index in [4.69, 9.17) is 23.2 Å². The topological polar surface area (TPSA) is 86.8 Å². The van der Waals surface area contributed by atoms with Crippen LogP contribution in [0, 0.1) is 6.92 Å². The molecular weight excluding hydrogens is 581 g/mol. The van der Waals surface area contributed by atoms with Gasteiger partial charge in [0.2, 0.25) is 11.8 Å². The van der Waals surface area contributed by atoms with E-state index < -0.39 is 28.5 Å². The van der Waals surface area contributed by atoms with Gasteiger partial charge in [-0.1, -0.05) is 72.8 Å². The maximum Gasteiger partial charge on any atom is 0.264 e. The Kier molecular flexibility index (Phi) is 10.3. The third-order valence-corrected chi connectivity index (χ3v) is 9.65. The van der Waals surface area contributed by atoms with Crippen molar-refractivity contribution in [1.82, 2.24) is 10.2 Å². The molecule has 1 aliphatic carbocycles. The molecule has 3 aromatic carbocycles. The summed E-state index contributed by atoms with van der Waals surface area (Å²) in [5.41, 5.74) is 2.06. The Morgan fingerprint density at radius 3 is 2.02 bits per heavy atom. The van der Waals surface area contributed by atoms with Gasteiger partial charge >= 0.3 is 0 Å². The molecule has 1 fully saturated rings. The number of rotatable bonds is 11. The zero-order valence-electron chi connectivity index (χ0n) is 23.2. The van der Waals surface area contributed by atoms with Crippen LogP contribution in [0.15, 0.2) is 77.7 Å². The Labute approximate surface area is 252 Å². The summed E-state index contributed by atoms with van der Waals surface area (Å²) >= 11 is 12.1. The van der Waals surface area contributed by atoms with E-state index in [0.717, 1.165) is 41.1 Å². The summed E-state index contributed by atoms with van der Waals surface area (Å²) < 4.78 is 28.9. The smallest absolute Gasteiger partial charge is 0.264 e. The Morgan fingerprint density at radius 2 is 1.46 bits per heavy atom. The predicted molar refractivity (Wildman–Crippen MR) is 164 cm³/mol. The molecule has 1 unspecified atom stereocenters. The number of sulfonamides is 1. The molecule has 1 atom stereocenters. The first-order valence-corrected chi connectivity index (χ1v) is 16.0. The van der Waals surface area contributed by atoms with Crippen LogP contribution in [0.1, 0.15) is 50.2 Å². The quantitative estimate of drug-likeness (QED) is 0.272. The number of halogens is 2. The minimum absolute atomic E-state index is 0.00513. The van der Waals surface area contributed by atoms with Gasteiger partial charge in [0.05, 0.1) is 10.6 Å². The van der Waals surface area contributed by atoms with Gasteiger partial charge in [-0.15, -0.1) is 0 Å². The number of carbonyl (C=O) groups is 2.